The van der Waals surface area contributed by atoms with Crippen LogP contribution in [0.1, 0.15) is 42.7 Å². The zero-order valence-corrected chi connectivity index (χ0v) is 32.3. The maximum absolute atomic E-state index is 13.6. The van der Waals surface area contributed by atoms with Crippen LogP contribution in [0, 0.1) is 12.3 Å². The van der Waals surface area contributed by atoms with Gasteiger partial charge >= 0.3 is 11.9 Å². The number of thiazole rings is 3. The van der Waals surface area contributed by atoms with Gasteiger partial charge in [-0.25, -0.2) is 19.7 Å². The second-order valence-electron chi connectivity index (χ2n) is 11.9. The number of nitrogens with zero attached hydrogens (tertiary/aromatic N) is 6. The summed E-state index contributed by atoms with van der Waals surface area (Å²) >= 11 is 4.83. The molecule has 280 valence electrons. The van der Waals surface area contributed by atoms with Crippen LogP contribution in [0.15, 0.2) is 43.9 Å². The zero-order valence-electron chi connectivity index (χ0n) is 29.0. The molecule has 53 heavy (non-hydrogen) atoms. The van der Waals surface area contributed by atoms with Gasteiger partial charge < -0.3 is 30.2 Å². The molecule has 22 heteroatoms. The highest BCUT2D eigenvalue weighted by molar-refractivity contribution is 8.00. The summed E-state index contributed by atoms with van der Waals surface area (Å²) in [5.41, 5.74) is 7.59. The summed E-state index contributed by atoms with van der Waals surface area (Å²) in [7, 11) is 2.50. The Kier molecular flexibility index (Phi) is 12.3. The number of anilines is 2. The number of rotatable bonds is 13. The third kappa shape index (κ3) is 8.89. The number of hydrogen-bond donors (Lipinski definition) is 3. The number of β-lactam (4-membered cyclic amide) rings is 1. The largest absolute Gasteiger partial charge is 0.427 e. The molecule has 1 fully saturated rings. The minimum atomic E-state index is -1.07. The summed E-state index contributed by atoms with van der Waals surface area (Å²) in [5.74, 6) is -3.28. The van der Waals surface area contributed by atoms with Gasteiger partial charge in [-0.3, -0.25) is 29.4 Å². The van der Waals surface area contributed by atoms with E-state index in [0.29, 0.717) is 5.57 Å². The summed E-state index contributed by atoms with van der Waals surface area (Å²) < 4.78 is 10.4. The Morgan fingerprint density at radius 1 is 1.00 bits per heavy atom. The van der Waals surface area contributed by atoms with Crippen LogP contribution in [-0.2, 0) is 43.1 Å². The zero-order chi connectivity index (χ0) is 38.4. The van der Waals surface area contributed by atoms with Gasteiger partial charge in [0, 0.05) is 21.4 Å². The number of nitrogens with one attached hydrogen (secondary N) is 2. The van der Waals surface area contributed by atoms with Crippen molar-refractivity contribution in [1.82, 2.24) is 25.2 Å². The lowest BCUT2D eigenvalue weighted by Gasteiger charge is -2.49. The van der Waals surface area contributed by atoms with Crippen LogP contribution in [0.2, 0.25) is 0 Å². The highest BCUT2D eigenvalue weighted by atomic mass is 32.2. The highest BCUT2D eigenvalue weighted by Crippen LogP contribution is 2.41. The van der Waals surface area contributed by atoms with Crippen molar-refractivity contribution in [3.8, 4) is 0 Å². The monoisotopic (exact) mass is 803 g/mol. The molecule has 0 spiro atoms. The molecule has 1 saturated heterocycles. The van der Waals surface area contributed by atoms with E-state index >= 15 is 0 Å². The van der Waals surface area contributed by atoms with Crippen LogP contribution in [-0.4, -0.2) is 99.1 Å². The molecule has 4 N–H and O–H groups in total. The molecule has 0 unspecified atom stereocenters. The van der Waals surface area contributed by atoms with Crippen molar-refractivity contribution in [2.24, 2.45) is 15.7 Å². The number of allylic oxidation sites excluding steroid dienone is 1. The van der Waals surface area contributed by atoms with E-state index in [2.05, 4.69) is 35.9 Å². The van der Waals surface area contributed by atoms with Gasteiger partial charge in [0.1, 0.15) is 42.7 Å². The van der Waals surface area contributed by atoms with E-state index in [0.717, 1.165) is 33.2 Å². The lowest BCUT2D eigenvalue weighted by Crippen LogP contribution is -2.71. The van der Waals surface area contributed by atoms with Gasteiger partial charge in [-0.15, -0.1) is 45.8 Å². The van der Waals surface area contributed by atoms with Gasteiger partial charge in [-0.2, -0.15) is 0 Å². The number of oxime groups is 2. The Balaban J connectivity index is 1.31. The van der Waals surface area contributed by atoms with E-state index in [1.54, 1.807) is 38.4 Å². The first kappa shape index (κ1) is 39.0. The average Bonchev–Trinajstić information content (AvgIpc) is 3.87. The van der Waals surface area contributed by atoms with Crippen LogP contribution in [0.4, 0.5) is 10.3 Å². The van der Waals surface area contributed by atoms with Crippen molar-refractivity contribution in [3.63, 3.8) is 0 Å². The van der Waals surface area contributed by atoms with Crippen molar-refractivity contribution in [2.75, 3.05) is 37.8 Å². The number of carbonyl (C=O) groups is 5. The van der Waals surface area contributed by atoms with E-state index in [1.807, 2.05) is 6.92 Å². The first-order valence-electron chi connectivity index (χ1n) is 15.4. The topological polar surface area (TPSA) is 239 Å². The van der Waals surface area contributed by atoms with Gasteiger partial charge in [-0.05, 0) is 39.3 Å². The number of ether oxygens (including phenoxy) is 2. The maximum Gasteiger partial charge on any atom is 0.358 e. The molecule has 0 aromatic carbocycles. The quantitative estimate of drug-likeness (QED) is 0.0741. The minimum Gasteiger partial charge on any atom is -0.427 e. The van der Waals surface area contributed by atoms with E-state index in [1.165, 1.54) is 53.0 Å². The SMILES string of the molecule is CO/N=C(\C(=O)Nc1nc(/C(=N/OC)C(=O)N[C@@H]2C(=O)N3C(C(=O)OCOC(=O)C(C)(C)C)=C(/C=C\c4scnc4C)CS[C@H]23)cs1)c1csc(N)n1. The van der Waals surface area contributed by atoms with Crippen molar-refractivity contribution in [3.05, 3.63) is 55.6 Å². The minimum absolute atomic E-state index is 0.0347. The average molecular weight is 804 g/mol. The third-order valence-corrected chi connectivity index (χ3v) is 10.8. The Hall–Kier alpha value is -5.19. The van der Waals surface area contributed by atoms with E-state index in [4.69, 9.17) is 24.9 Å². The van der Waals surface area contributed by atoms with Crippen LogP contribution in [0.25, 0.3) is 6.08 Å². The molecule has 2 aliphatic heterocycles. The van der Waals surface area contributed by atoms with Gasteiger partial charge in [0.15, 0.2) is 21.7 Å². The molecule has 0 bridgehead atoms. The first-order chi connectivity index (χ1) is 25.2. The third-order valence-electron chi connectivity index (χ3n) is 7.22. The molecule has 2 aliphatic rings. The van der Waals surface area contributed by atoms with Crippen LogP contribution in [0.3, 0.4) is 0 Å². The summed E-state index contributed by atoms with van der Waals surface area (Å²) in [4.78, 5) is 90.2. The van der Waals surface area contributed by atoms with E-state index in [9.17, 15) is 24.0 Å². The number of carbonyl (C=O) groups excluding carboxylic acids is 5. The molecular weight excluding hydrogens is 771 g/mol. The normalized spacial score (nSPS) is 17.6. The molecule has 18 nitrogen and oxygen atoms in total. The van der Waals surface area contributed by atoms with Crippen molar-refractivity contribution in [2.45, 2.75) is 39.1 Å². The van der Waals surface area contributed by atoms with Crippen LogP contribution in [0.5, 0.6) is 0 Å². The number of fused-ring (bicyclic) bond motifs is 1. The van der Waals surface area contributed by atoms with Gasteiger partial charge in [0.25, 0.3) is 17.7 Å². The second-order valence-corrected chi connectivity index (χ2v) is 15.6. The molecule has 0 radical (unpaired) electrons. The number of aromatic nitrogens is 3. The number of nitrogens with two attached hydrogens (primary N) is 1. The van der Waals surface area contributed by atoms with Crippen LogP contribution < -0.4 is 16.4 Å². The predicted molar refractivity (Wildman–Crippen MR) is 199 cm³/mol. The predicted octanol–water partition coefficient (Wildman–Crippen LogP) is 2.74. The Morgan fingerprint density at radius 3 is 2.30 bits per heavy atom. The van der Waals surface area contributed by atoms with E-state index in [-0.39, 0.29) is 44.5 Å². The number of thioether (sulfide) groups is 1. The van der Waals surface area contributed by atoms with Crippen molar-refractivity contribution >= 4 is 103 Å². The number of hydrogen-bond acceptors (Lipinski definition) is 19. The molecule has 3 aromatic heterocycles. The molecule has 2 atom stereocenters. The Bertz CT molecular complexity index is 2040. The first-order valence-corrected chi connectivity index (χ1v) is 19.0. The van der Waals surface area contributed by atoms with E-state index < -0.39 is 53.3 Å². The fraction of sp³-hybridized carbons (Fsp3) is 0.355. The lowest BCUT2D eigenvalue weighted by atomic mass is 9.98. The molecule has 5 heterocycles. The number of aryl methyl sites for hydroxylation is 1. The summed E-state index contributed by atoms with van der Waals surface area (Å²) in [6.07, 6.45) is 3.50. The van der Waals surface area contributed by atoms with Gasteiger partial charge in [0.2, 0.25) is 6.79 Å². The lowest BCUT2D eigenvalue weighted by molar-refractivity contribution is -0.173. The van der Waals surface area contributed by atoms with Crippen molar-refractivity contribution < 1.29 is 43.1 Å². The summed E-state index contributed by atoms with van der Waals surface area (Å²) in [5, 5.41) is 15.4. The standard InChI is InChI=1S/C31H33N9O9S4/c1-14-18(53-12-33-14)8-7-15-9-50-26-21(25(43)40(26)22(15)27(44)48-13-49-28(45)31(2,3)4)36-23(41)20(39-47-6)17-11-52-30(35-17)37-24(42)19(38-46-5)16-10-51-29(32)34-16/h7-8,10-12,21,26H,9,13H2,1-6H3,(H2,32,34)(H,36,41)(H,35,37,42)/b8-7-,38-19-,39-20-/t21-,26-/m1/s1. The van der Waals surface area contributed by atoms with Crippen molar-refractivity contribution in [1.29, 1.82) is 0 Å². The fourth-order valence-electron chi connectivity index (χ4n) is 4.62. The van der Waals surface area contributed by atoms with Gasteiger partial charge in [-0.1, -0.05) is 16.4 Å². The Morgan fingerprint density at radius 2 is 1.68 bits per heavy atom. The smallest absolute Gasteiger partial charge is 0.358 e. The molecule has 3 aromatic rings. The van der Waals surface area contributed by atoms with Crippen LogP contribution >= 0.6 is 45.8 Å². The molecule has 3 amide bonds. The summed E-state index contributed by atoms with van der Waals surface area (Å²) in [6, 6.07) is -1.07. The summed E-state index contributed by atoms with van der Waals surface area (Å²) in [6.45, 7) is 6.16. The molecule has 0 aliphatic carbocycles. The van der Waals surface area contributed by atoms with Gasteiger partial charge in [0.05, 0.1) is 16.6 Å². The second kappa shape index (κ2) is 16.7. The number of esters is 2. The molecule has 5 rings (SSSR count). The maximum atomic E-state index is 13.6. The number of amides is 3. The molecular formula is C31H33N9O9S4. The number of nitrogen functional groups attached to an aromatic ring is 1. The highest BCUT2D eigenvalue weighted by Gasteiger charge is 2.54. The Labute approximate surface area is 318 Å². The molecule has 0 saturated carbocycles. The fourth-order valence-corrected chi connectivity index (χ4v) is 7.87.